The first kappa shape index (κ1) is 16.7. The van der Waals surface area contributed by atoms with Crippen molar-refractivity contribution in [3.05, 3.63) is 22.4 Å². The fourth-order valence-corrected chi connectivity index (χ4v) is 2.29. The highest BCUT2D eigenvalue weighted by Gasteiger charge is 2.20. The van der Waals surface area contributed by atoms with Crippen LogP contribution in [0.15, 0.2) is 17.5 Å². The largest absolute Gasteiger partial charge is 0.356 e. The van der Waals surface area contributed by atoms with E-state index in [4.69, 9.17) is 0 Å². The van der Waals surface area contributed by atoms with E-state index in [0.717, 1.165) is 6.42 Å². The third-order valence-corrected chi connectivity index (χ3v) is 3.76. The third-order valence-electron chi connectivity index (χ3n) is 2.82. The minimum absolute atomic E-state index is 0.0237. The van der Waals surface area contributed by atoms with Crippen molar-refractivity contribution in [2.45, 2.75) is 40.0 Å². The Kier molecular flexibility index (Phi) is 6.71. The highest BCUT2D eigenvalue weighted by atomic mass is 32.1. The first-order valence-corrected chi connectivity index (χ1v) is 7.85. The zero-order valence-corrected chi connectivity index (χ0v) is 13.3. The van der Waals surface area contributed by atoms with Gasteiger partial charge in [-0.3, -0.25) is 9.59 Å². The molecule has 0 fully saturated rings. The van der Waals surface area contributed by atoms with E-state index in [1.165, 1.54) is 4.88 Å². The van der Waals surface area contributed by atoms with Gasteiger partial charge in [-0.2, -0.15) is 0 Å². The zero-order chi connectivity index (χ0) is 15.0. The molecule has 0 saturated heterocycles. The topological polar surface area (TPSA) is 58.2 Å². The van der Waals surface area contributed by atoms with E-state index in [9.17, 15) is 9.59 Å². The van der Waals surface area contributed by atoms with E-state index in [2.05, 4.69) is 16.7 Å². The van der Waals surface area contributed by atoms with Gasteiger partial charge >= 0.3 is 0 Å². The number of rotatable bonds is 7. The lowest BCUT2D eigenvalue weighted by Crippen LogP contribution is -2.35. The summed E-state index contributed by atoms with van der Waals surface area (Å²) in [7, 11) is 0. The van der Waals surface area contributed by atoms with Gasteiger partial charge in [0.25, 0.3) is 0 Å². The van der Waals surface area contributed by atoms with Crippen LogP contribution < -0.4 is 10.6 Å². The Morgan fingerprint density at radius 2 is 1.95 bits per heavy atom. The van der Waals surface area contributed by atoms with Crippen LogP contribution in [0.4, 0.5) is 0 Å². The molecule has 4 nitrogen and oxygen atoms in total. The fourth-order valence-electron chi connectivity index (χ4n) is 1.58. The second kappa shape index (κ2) is 8.04. The quantitative estimate of drug-likeness (QED) is 0.759. The molecular weight excluding hydrogens is 272 g/mol. The monoisotopic (exact) mass is 296 g/mol. The van der Waals surface area contributed by atoms with Crippen LogP contribution in [0.5, 0.6) is 0 Å². The number of carbonyl (C=O) groups is 2. The summed E-state index contributed by atoms with van der Waals surface area (Å²) in [6, 6.07) is 4.08. The van der Waals surface area contributed by atoms with Crippen molar-refractivity contribution < 1.29 is 9.59 Å². The Bertz CT molecular complexity index is 422. The van der Waals surface area contributed by atoms with Crippen LogP contribution in [0.2, 0.25) is 0 Å². The second-order valence-corrected chi connectivity index (χ2v) is 6.82. The van der Waals surface area contributed by atoms with Gasteiger partial charge in [0.15, 0.2) is 0 Å². The summed E-state index contributed by atoms with van der Waals surface area (Å²) in [4.78, 5) is 24.5. The molecule has 112 valence electrons. The smallest absolute Gasteiger partial charge is 0.225 e. The predicted molar refractivity (Wildman–Crippen MR) is 82.7 cm³/mol. The van der Waals surface area contributed by atoms with Gasteiger partial charge in [-0.1, -0.05) is 26.8 Å². The molecule has 0 aliphatic heterocycles. The summed E-state index contributed by atoms with van der Waals surface area (Å²) in [6.45, 7) is 6.85. The molecule has 0 spiro atoms. The predicted octanol–water partition coefficient (Wildman–Crippen LogP) is 2.35. The number of hydrogen-bond donors (Lipinski definition) is 2. The number of carbonyl (C=O) groups excluding carboxylic acids is 2. The lowest BCUT2D eigenvalue weighted by Gasteiger charge is -2.17. The summed E-state index contributed by atoms with van der Waals surface area (Å²) in [5, 5.41) is 7.77. The van der Waals surface area contributed by atoms with Gasteiger partial charge in [-0.05, 0) is 24.3 Å². The number of thiophene rings is 1. The van der Waals surface area contributed by atoms with E-state index < -0.39 is 0 Å². The molecule has 2 N–H and O–H groups in total. The highest BCUT2D eigenvalue weighted by molar-refractivity contribution is 7.09. The lowest BCUT2D eigenvalue weighted by molar-refractivity contribution is -0.128. The number of nitrogens with one attached hydrogen (secondary N) is 2. The normalized spacial score (nSPS) is 11.2. The molecule has 20 heavy (non-hydrogen) atoms. The molecule has 0 aromatic carbocycles. The maximum atomic E-state index is 11.6. The van der Waals surface area contributed by atoms with E-state index in [1.807, 2.05) is 32.2 Å². The molecule has 1 rings (SSSR count). The second-order valence-electron chi connectivity index (χ2n) is 5.79. The first-order chi connectivity index (χ1) is 9.39. The molecule has 0 radical (unpaired) electrons. The van der Waals surface area contributed by atoms with Crippen LogP contribution in [0, 0.1) is 5.41 Å². The average molecular weight is 296 g/mol. The van der Waals surface area contributed by atoms with Crippen molar-refractivity contribution in [1.82, 2.24) is 10.6 Å². The summed E-state index contributed by atoms with van der Waals surface area (Å²) >= 11 is 1.70. The van der Waals surface area contributed by atoms with Crippen molar-refractivity contribution >= 4 is 23.2 Å². The van der Waals surface area contributed by atoms with Crippen molar-refractivity contribution in [3.8, 4) is 0 Å². The van der Waals surface area contributed by atoms with E-state index >= 15 is 0 Å². The lowest BCUT2D eigenvalue weighted by atomic mass is 9.96. The molecule has 0 atom stereocenters. The molecule has 0 unspecified atom stereocenters. The Hall–Kier alpha value is -1.36. The van der Waals surface area contributed by atoms with Crippen molar-refractivity contribution in [2.24, 2.45) is 5.41 Å². The maximum absolute atomic E-state index is 11.6. The van der Waals surface area contributed by atoms with Gasteiger partial charge in [-0.25, -0.2) is 0 Å². The zero-order valence-electron chi connectivity index (χ0n) is 12.5. The minimum Gasteiger partial charge on any atom is -0.356 e. The van der Waals surface area contributed by atoms with Crippen LogP contribution >= 0.6 is 11.3 Å². The molecule has 2 amide bonds. The molecular formula is C15H24N2O2S. The summed E-state index contributed by atoms with van der Waals surface area (Å²) in [5.74, 6) is 0.0715. The van der Waals surface area contributed by atoms with E-state index in [-0.39, 0.29) is 17.2 Å². The Morgan fingerprint density at radius 1 is 1.20 bits per heavy atom. The van der Waals surface area contributed by atoms with Gasteiger partial charge in [0.05, 0.1) is 0 Å². The van der Waals surface area contributed by atoms with E-state index in [1.54, 1.807) is 11.3 Å². The molecule has 0 aliphatic rings. The Morgan fingerprint density at radius 3 is 2.55 bits per heavy atom. The van der Waals surface area contributed by atoms with Gasteiger partial charge in [0.1, 0.15) is 0 Å². The van der Waals surface area contributed by atoms with Crippen molar-refractivity contribution in [2.75, 3.05) is 13.1 Å². The number of hydrogen-bond acceptors (Lipinski definition) is 3. The van der Waals surface area contributed by atoms with E-state index in [0.29, 0.717) is 25.9 Å². The SMILES string of the molecule is CC(C)(C)C(=O)NCCCC(=O)NCCc1cccs1. The van der Waals surface area contributed by atoms with Crippen molar-refractivity contribution in [3.63, 3.8) is 0 Å². The maximum Gasteiger partial charge on any atom is 0.225 e. The van der Waals surface area contributed by atoms with Crippen molar-refractivity contribution in [1.29, 1.82) is 0 Å². The Labute approximate surface area is 125 Å². The standard InChI is InChI=1S/C15H24N2O2S/c1-15(2,3)14(19)17-9-4-7-13(18)16-10-8-12-6-5-11-20-12/h5-6,11H,4,7-10H2,1-3H3,(H,16,18)(H,17,19). The summed E-state index contributed by atoms with van der Waals surface area (Å²) in [5.41, 5.74) is -0.372. The average Bonchev–Trinajstić information content (AvgIpc) is 2.86. The Balaban J connectivity index is 2.04. The van der Waals surface area contributed by atoms with Crippen LogP contribution in [0.3, 0.4) is 0 Å². The molecule has 0 saturated carbocycles. The third kappa shape index (κ3) is 6.70. The highest BCUT2D eigenvalue weighted by Crippen LogP contribution is 2.12. The van der Waals surface area contributed by atoms with Crippen LogP contribution in [-0.2, 0) is 16.0 Å². The molecule has 1 aromatic heterocycles. The molecule has 1 heterocycles. The molecule has 0 bridgehead atoms. The fraction of sp³-hybridized carbons (Fsp3) is 0.600. The molecule has 1 aromatic rings. The van der Waals surface area contributed by atoms with Gasteiger partial charge in [0.2, 0.25) is 11.8 Å². The van der Waals surface area contributed by atoms with Gasteiger partial charge in [-0.15, -0.1) is 11.3 Å². The summed E-state index contributed by atoms with van der Waals surface area (Å²) in [6.07, 6.45) is 2.01. The first-order valence-electron chi connectivity index (χ1n) is 6.97. The van der Waals surface area contributed by atoms with Gasteiger partial charge in [0, 0.05) is 29.8 Å². The van der Waals surface area contributed by atoms with Gasteiger partial charge < -0.3 is 10.6 Å². The molecule has 5 heteroatoms. The van der Waals surface area contributed by atoms with Crippen LogP contribution in [0.25, 0.3) is 0 Å². The number of amides is 2. The van der Waals surface area contributed by atoms with Crippen LogP contribution in [0.1, 0.15) is 38.5 Å². The molecule has 0 aliphatic carbocycles. The summed E-state index contributed by atoms with van der Waals surface area (Å²) < 4.78 is 0. The minimum atomic E-state index is -0.372. The van der Waals surface area contributed by atoms with Crippen LogP contribution in [-0.4, -0.2) is 24.9 Å².